The molecule has 1 fully saturated rings. The summed E-state index contributed by atoms with van der Waals surface area (Å²) in [4.78, 5) is 15.0. The average Bonchev–Trinajstić information content (AvgIpc) is 3.00. The lowest BCUT2D eigenvalue weighted by atomic mass is 9.79. The zero-order chi connectivity index (χ0) is 18.0. The fraction of sp³-hybridized carbons (Fsp3) is 0.500. The molecule has 5 heteroatoms. The Balaban J connectivity index is 1.82. The van der Waals surface area contributed by atoms with Crippen LogP contribution in [0.25, 0.3) is 0 Å². The van der Waals surface area contributed by atoms with Crippen molar-refractivity contribution in [1.29, 1.82) is 0 Å². The minimum atomic E-state index is -0.0552. The Morgan fingerprint density at radius 3 is 2.68 bits per heavy atom. The Labute approximate surface area is 149 Å². The first-order chi connectivity index (χ1) is 11.9. The van der Waals surface area contributed by atoms with Crippen molar-refractivity contribution in [2.45, 2.75) is 46.2 Å². The van der Waals surface area contributed by atoms with Crippen molar-refractivity contribution in [1.82, 2.24) is 14.7 Å². The summed E-state index contributed by atoms with van der Waals surface area (Å²) in [7, 11) is 0. The molecule has 1 aliphatic heterocycles. The van der Waals surface area contributed by atoms with Gasteiger partial charge in [0.25, 0.3) is 5.91 Å². The van der Waals surface area contributed by atoms with E-state index < -0.39 is 0 Å². The van der Waals surface area contributed by atoms with E-state index in [1.165, 1.54) is 5.56 Å². The maximum absolute atomic E-state index is 13.1. The molecule has 1 unspecified atom stereocenters. The minimum absolute atomic E-state index is 0.0552. The van der Waals surface area contributed by atoms with Crippen molar-refractivity contribution in [3.8, 4) is 0 Å². The number of carbonyl (C=O) groups excluding carboxylic acids is 1. The Hall–Kier alpha value is -2.14. The lowest BCUT2D eigenvalue weighted by Crippen LogP contribution is -2.54. The summed E-state index contributed by atoms with van der Waals surface area (Å²) in [5.41, 5.74) is 9.06. The van der Waals surface area contributed by atoms with Gasteiger partial charge in [0, 0.05) is 19.1 Å². The number of rotatable bonds is 4. The third-order valence-corrected chi connectivity index (χ3v) is 5.29. The van der Waals surface area contributed by atoms with Gasteiger partial charge in [-0.15, -0.1) is 0 Å². The SMILES string of the molecule is CCc1c(C(=O)N2CCC(N)C(C)(C)C2)cnn1Cc1ccccc1. The first kappa shape index (κ1) is 17.7. The Morgan fingerprint density at radius 1 is 1.32 bits per heavy atom. The molecule has 3 rings (SSSR count). The topological polar surface area (TPSA) is 64.2 Å². The molecule has 25 heavy (non-hydrogen) atoms. The van der Waals surface area contributed by atoms with E-state index in [-0.39, 0.29) is 17.4 Å². The molecular formula is C20H28N4O. The van der Waals surface area contributed by atoms with Gasteiger partial charge in [-0.3, -0.25) is 9.48 Å². The van der Waals surface area contributed by atoms with Crippen LogP contribution >= 0.6 is 0 Å². The quantitative estimate of drug-likeness (QED) is 0.931. The van der Waals surface area contributed by atoms with Gasteiger partial charge in [-0.2, -0.15) is 5.10 Å². The summed E-state index contributed by atoms with van der Waals surface area (Å²) in [6.45, 7) is 8.45. The summed E-state index contributed by atoms with van der Waals surface area (Å²) in [6, 6.07) is 10.4. The van der Waals surface area contributed by atoms with Gasteiger partial charge in [0.1, 0.15) is 0 Å². The normalized spacial score (nSPS) is 19.8. The Bertz CT molecular complexity index is 735. The third kappa shape index (κ3) is 3.61. The second kappa shape index (κ2) is 7.00. The summed E-state index contributed by atoms with van der Waals surface area (Å²) in [5, 5.41) is 4.49. The number of aromatic nitrogens is 2. The van der Waals surface area contributed by atoms with Crippen LogP contribution in [0.2, 0.25) is 0 Å². The highest BCUT2D eigenvalue weighted by Gasteiger charge is 2.36. The lowest BCUT2D eigenvalue weighted by molar-refractivity contribution is 0.0532. The molecule has 1 saturated heterocycles. The van der Waals surface area contributed by atoms with Gasteiger partial charge in [-0.25, -0.2) is 0 Å². The second-order valence-electron chi connectivity index (χ2n) is 7.61. The molecule has 0 saturated carbocycles. The van der Waals surface area contributed by atoms with Crippen molar-refractivity contribution in [2.24, 2.45) is 11.1 Å². The van der Waals surface area contributed by atoms with Crippen LogP contribution in [-0.4, -0.2) is 39.7 Å². The largest absolute Gasteiger partial charge is 0.338 e. The minimum Gasteiger partial charge on any atom is -0.338 e. The van der Waals surface area contributed by atoms with Crippen LogP contribution in [-0.2, 0) is 13.0 Å². The lowest BCUT2D eigenvalue weighted by Gasteiger charge is -2.42. The fourth-order valence-electron chi connectivity index (χ4n) is 3.57. The highest BCUT2D eigenvalue weighted by molar-refractivity contribution is 5.95. The average molecular weight is 340 g/mol. The number of carbonyl (C=O) groups is 1. The molecule has 0 bridgehead atoms. The molecule has 5 nitrogen and oxygen atoms in total. The zero-order valence-corrected chi connectivity index (χ0v) is 15.4. The van der Waals surface area contributed by atoms with Gasteiger partial charge in [-0.1, -0.05) is 51.1 Å². The first-order valence-electron chi connectivity index (χ1n) is 9.06. The van der Waals surface area contributed by atoms with E-state index in [1.54, 1.807) is 6.20 Å². The number of amides is 1. The van der Waals surface area contributed by atoms with Crippen LogP contribution in [0.15, 0.2) is 36.5 Å². The van der Waals surface area contributed by atoms with Crippen LogP contribution < -0.4 is 5.73 Å². The summed E-state index contributed by atoms with van der Waals surface area (Å²) in [5.74, 6) is 0.0798. The van der Waals surface area contributed by atoms with Crippen molar-refractivity contribution >= 4 is 5.91 Å². The molecular weight excluding hydrogens is 312 g/mol. The van der Waals surface area contributed by atoms with E-state index in [4.69, 9.17) is 5.73 Å². The van der Waals surface area contributed by atoms with Crippen molar-refractivity contribution in [3.05, 3.63) is 53.3 Å². The van der Waals surface area contributed by atoms with Gasteiger partial charge in [0.15, 0.2) is 0 Å². The molecule has 0 spiro atoms. The maximum Gasteiger partial charge on any atom is 0.257 e. The molecule has 1 atom stereocenters. The molecule has 2 aromatic rings. The van der Waals surface area contributed by atoms with E-state index in [9.17, 15) is 4.79 Å². The van der Waals surface area contributed by atoms with Crippen molar-refractivity contribution in [3.63, 3.8) is 0 Å². The number of hydrogen-bond donors (Lipinski definition) is 1. The number of hydrogen-bond acceptors (Lipinski definition) is 3. The van der Waals surface area contributed by atoms with Crippen LogP contribution in [0.4, 0.5) is 0 Å². The van der Waals surface area contributed by atoms with Crippen LogP contribution in [0.3, 0.4) is 0 Å². The molecule has 0 radical (unpaired) electrons. The van der Waals surface area contributed by atoms with Crippen molar-refractivity contribution in [2.75, 3.05) is 13.1 Å². The zero-order valence-electron chi connectivity index (χ0n) is 15.4. The monoisotopic (exact) mass is 340 g/mol. The van der Waals surface area contributed by atoms with Gasteiger partial charge < -0.3 is 10.6 Å². The van der Waals surface area contributed by atoms with Crippen LogP contribution in [0.5, 0.6) is 0 Å². The Morgan fingerprint density at radius 2 is 2.04 bits per heavy atom. The molecule has 1 amide bonds. The maximum atomic E-state index is 13.1. The highest BCUT2D eigenvalue weighted by atomic mass is 16.2. The summed E-state index contributed by atoms with van der Waals surface area (Å²) >= 11 is 0. The highest BCUT2D eigenvalue weighted by Crippen LogP contribution is 2.29. The summed E-state index contributed by atoms with van der Waals surface area (Å²) in [6.07, 6.45) is 3.36. The van der Waals surface area contributed by atoms with Gasteiger partial charge >= 0.3 is 0 Å². The number of likely N-dealkylation sites (tertiary alicyclic amines) is 1. The number of piperidine rings is 1. The smallest absolute Gasteiger partial charge is 0.257 e. The summed E-state index contributed by atoms with van der Waals surface area (Å²) < 4.78 is 1.95. The molecule has 1 aromatic heterocycles. The van der Waals surface area contributed by atoms with Gasteiger partial charge in [0.2, 0.25) is 0 Å². The molecule has 0 aliphatic carbocycles. The molecule has 1 aromatic carbocycles. The van der Waals surface area contributed by atoms with Crippen LogP contribution in [0.1, 0.15) is 48.8 Å². The predicted molar refractivity (Wildman–Crippen MR) is 99.4 cm³/mol. The Kier molecular flexibility index (Phi) is 4.95. The second-order valence-corrected chi connectivity index (χ2v) is 7.61. The van der Waals surface area contributed by atoms with E-state index >= 15 is 0 Å². The van der Waals surface area contributed by atoms with E-state index in [0.29, 0.717) is 13.1 Å². The van der Waals surface area contributed by atoms with Crippen LogP contribution in [0, 0.1) is 5.41 Å². The fourth-order valence-corrected chi connectivity index (χ4v) is 3.57. The van der Waals surface area contributed by atoms with Crippen molar-refractivity contribution < 1.29 is 4.79 Å². The molecule has 2 N–H and O–H groups in total. The van der Waals surface area contributed by atoms with Gasteiger partial charge in [-0.05, 0) is 23.8 Å². The number of nitrogens with zero attached hydrogens (tertiary/aromatic N) is 3. The predicted octanol–water partition coefficient (Wildman–Crippen LogP) is 2.69. The van der Waals surface area contributed by atoms with E-state index in [0.717, 1.165) is 30.6 Å². The molecule has 1 aliphatic rings. The van der Waals surface area contributed by atoms with Gasteiger partial charge in [0.05, 0.1) is 24.0 Å². The van der Waals surface area contributed by atoms with E-state index in [2.05, 4.69) is 38.0 Å². The third-order valence-electron chi connectivity index (χ3n) is 5.29. The van der Waals surface area contributed by atoms with E-state index in [1.807, 2.05) is 27.8 Å². The number of benzene rings is 1. The molecule has 134 valence electrons. The standard InChI is InChI=1S/C20H28N4O/c1-4-17-16(12-22-24(17)13-15-8-6-5-7-9-15)19(25)23-11-10-18(21)20(2,3)14-23/h5-9,12,18H,4,10-11,13-14,21H2,1-3H3. The number of nitrogens with two attached hydrogens (primary N) is 1. The molecule has 2 heterocycles. The first-order valence-corrected chi connectivity index (χ1v) is 9.06.